The van der Waals surface area contributed by atoms with Crippen molar-refractivity contribution in [2.24, 2.45) is 0 Å². The van der Waals surface area contributed by atoms with Crippen molar-refractivity contribution in [1.82, 2.24) is 9.80 Å². The smallest absolute Gasteiger partial charge is 0.141 e. The van der Waals surface area contributed by atoms with Crippen LogP contribution in [0.2, 0.25) is 0 Å². The van der Waals surface area contributed by atoms with E-state index in [0.717, 1.165) is 59.7 Å². The highest BCUT2D eigenvalue weighted by Crippen LogP contribution is 2.38. The second-order valence-corrected chi connectivity index (χ2v) is 10.0. The van der Waals surface area contributed by atoms with E-state index >= 15 is 0 Å². The Morgan fingerprint density at radius 1 is 0.625 bits per heavy atom. The molecule has 0 aliphatic carbocycles. The van der Waals surface area contributed by atoms with Gasteiger partial charge in [-0.3, -0.25) is 9.80 Å². The van der Waals surface area contributed by atoms with Gasteiger partial charge in [-0.1, -0.05) is 45.9 Å². The summed E-state index contributed by atoms with van der Waals surface area (Å²) in [5.74, 6) is 0. The van der Waals surface area contributed by atoms with Crippen molar-refractivity contribution in [3.8, 4) is 0 Å². The molecule has 170 valence electrons. The maximum atomic E-state index is 11.7. The lowest BCUT2D eigenvalue weighted by atomic mass is 10.1. The average Bonchev–Trinajstić information content (AvgIpc) is 2.87. The van der Waals surface area contributed by atoms with Gasteiger partial charge < -0.3 is 19.1 Å². The molecule has 0 aromatic heterocycles. The molecule has 2 aromatic rings. The molecule has 2 aromatic carbocycles. The largest absolute Gasteiger partial charge is 0.379 e. The van der Waals surface area contributed by atoms with E-state index < -0.39 is 0 Å². The second kappa shape index (κ2) is 12.0. The van der Waals surface area contributed by atoms with Crippen LogP contribution in [0.15, 0.2) is 58.3 Å². The summed E-state index contributed by atoms with van der Waals surface area (Å²) in [6.45, 7) is 5.82. The minimum Gasteiger partial charge on any atom is -0.379 e. The van der Waals surface area contributed by atoms with Gasteiger partial charge >= 0.3 is 0 Å². The van der Waals surface area contributed by atoms with Gasteiger partial charge in [0.1, 0.15) is 12.6 Å². The minimum atomic E-state index is -0.213. The van der Waals surface area contributed by atoms with Crippen molar-refractivity contribution in [2.75, 3.05) is 52.6 Å². The van der Waals surface area contributed by atoms with E-state index in [1.807, 2.05) is 24.3 Å². The van der Waals surface area contributed by atoms with Crippen LogP contribution in [0.25, 0.3) is 0 Å². The number of hydrogen-bond donors (Lipinski definition) is 0. The molecule has 2 heterocycles. The Bertz CT molecular complexity index is 793. The van der Waals surface area contributed by atoms with Crippen LogP contribution in [0.4, 0.5) is 0 Å². The van der Waals surface area contributed by atoms with Crippen molar-refractivity contribution >= 4 is 34.2 Å². The zero-order valence-electron chi connectivity index (χ0n) is 17.9. The van der Waals surface area contributed by atoms with E-state index in [1.54, 1.807) is 21.6 Å². The highest BCUT2D eigenvalue weighted by atomic mass is 33.1. The lowest BCUT2D eigenvalue weighted by Gasteiger charge is -2.31. The van der Waals surface area contributed by atoms with Gasteiger partial charge in [-0.25, -0.2) is 0 Å². The summed E-state index contributed by atoms with van der Waals surface area (Å²) in [4.78, 5) is 29.9. The summed E-state index contributed by atoms with van der Waals surface area (Å²) < 4.78 is 10.8. The van der Waals surface area contributed by atoms with Crippen molar-refractivity contribution in [3.05, 3.63) is 59.7 Å². The molecule has 2 unspecified atom stereocenters. The van der Waals surface area contributed by atoms with Crippen LogP contribution >= 0.6 is 21.6 Å². The van der Waals surface area contributed by atoms with Crippen LogP contribution in [0.3, 0.4) is 0 Å². The van der Waals surface area contributed by atoms with Gasteiger partial charge in [0.15, 0.2) is 0 Å². The first-order chi connectivity index (χ1) is 15.8. The number of rotatable bonds is 9. The van der Waals surface area contributed by atoms with Gasteiger partial charge in [0.05, 0.1) is 38.5 Å². The summed E-state index contributed by atoms with van der Waals surface area (Å²) in [7, 11) is 3.37. The molecular formula is C24H28N2O4S2. The molecule has 2 aliphatic heterocycles. The number of carbonyl (C=O) groups is 2. The number of aldehydes is 2. The van der Waals surface area contributed by atoms with Crippen molar-refractivity contribution in [1.29, 1.82) is 0 Å². The lowest BCUT2D eigenvalue weighted by Crippen LogP contribution is -2.39. The molecule has 0 radical (unpaired) electrons. The van der Waals surface area contributed by atoms with E-state index in [2.05, 4.69) is 34.1 Å². The van der Waals surface area contributed by atoms with Gasteiger partial charge in [-0.2, -0.15) is 0 Å². The van der Waals surface area contributed by atoms with E-state index in [9.17, 15) is 9.59 Å². The third kappa shape index (κ3) is 6.01. The first-order valence-corrected chi connectivity index (χ1v) is 13.0. The molecule has 2 fully saturated rings. The van der Waals surface area contributed by atoms with Crippen LogP contribution in [0, 0.1) is 0 Å². The molecule has 6 nitrogen and oxygen atoms in total. The Kier molecular flexibility index (Phi) is 8.78. The molecule has 0 amide bonds. The molecule has 2 saturated heterocycles. The lowest BCUT2D eigenvalue weighted by molar-refractivity contribution is -0.115. The molecule has 0 bridgehead atoms. The van der Waals surface area contributed by atoms with E-state index in [1.165, 1.54) is 0 Å². The van der Waals surface area contributed by atoms with Crippen LogP contribution in [-0.2, 0) is 19.1 Å². The third-order valence-corrected chi connectivity index (χ3v) is 8.23. The van der Waals surface area contributed by atoms with Gasteiger partial charge in [-0.15, -0.1) is 0 Å². The Hall–Kier alpha value is -1.68. The number of morpholine rings is 2. The van der Waals surface area contributed by atoms with Gasteiger partial charge in [0.2, 0.25) is 0 Å². The summed E-state index contributed by atoms with van der Waals surface area (Å²) in [5, 5.41) is 0. The summed E-state index contributed by atoms with van der Waals surface area (Å²) in [6, 6.07) is 16.0. The fourth-order valence-corrected chi connectivity index (χ4v) is 5.93. The van der Waals surface area contributed by atoms with Crippen LogP contribution in [0.1, 0.15) is 23.2 Å². The zero-order chi connectivity index (χ0) is 22.2. The molecule has 2 atom stereocenters. The SMILES string of the molecule is O=CC(c1ccc(SSc2ccc(C(C=O)N3CCOCC3)cc2)cc1)N1CCOCC1. The standard InChI is InChI=1S/C24H28N2O4S2/c27-17-23(25-9-13-29-14-10-25)19-1-5-21(6-2-19)31-32-22-7-3-20(4-8-22)24(18-28)26-11-15-30-16-12-26/h1-8,17-18,23-24H,9-16H2. The highest BCUT2D eigenvalue weighted by Gasteiger charge is 2.23. The third-order valence-electron chi connectivity index (χ3n) is 5.81. The Morgan fingerprint density at radius 3 is 1.28 bits per heavy atom. The van der Waals surface area contributed by atoms with E-state index in [-0.39, 0.29) is 12.1 Å². The molecule has 4 rings (SSSR count). The summed E-state index contributed by atoms with van der Waals surface area (Å²) >= 11 is 0. The molecule has 0 saturated carbocycles. The number of carbonyl (C=O) groups excluding carboxylic acids is 2. The first-order valence-electron chi connectivity index (χ1n) is 10.9. The fourth-order valence-electron chi connectivity index (χ4n) is 4.00. The predicted molar refractivity (Wildman–Crippen MR) is 127 cm³/mol. The maximum absolute atomic E-state index is 11.7. The van der Waals surface area contributed by atoms with Crippen LogP contribution in [-0.4, -0.2) is 75.0 Å². The Labute approximate surface area is 197 Å². The topological polar surface area (TPSA) is 59.1 Å². The van der Waals surface area contributed by atoms with E-state index in [4.69, 9.17) is 9.47 Å². The first kappa shape index (κ1) is 23.5. The average molecular weight is 473 g/mol. The molecular weight excluding hydrogens is 444 g/mol. The number of benzene rings is 2. The Morgan fingerprint density at radius 2 is 0.969 bits per heavy atom. The summed E-state index contributed by atoms with van der Waals surface area (Å²) in [6.07, 6.45) is 2.04. The molecule has 0 spiro atoms. The Balaban J connectivity index is 1.33. The summed E-state index contributed by atoms with van der Waals surface area (Å²) in [5.41, 5.74) is 2.03. The van der Waals surface area contributed by atoms with Crippen molar-refractivity contribution < 1.29 is 19.1 Å². The maximum Gasteiger partial charge on any atom is 0.141 e. The number of hydrogen-bond acceptors (Lipinski definition) is 8. The fraction of sp³-hybridized carbons (Fsp3) is 0.417. The zero-order valence-corrected chi connectivity index (χ0v) is 19.6. The van der Waals surface area contributed by atoms with Gasteiger partial charge in [-0.05, 0) is 35.4 Å². The molecule has 0 N–H and O–H groups in total. The van der Waals surface area contributed by atoms with Gasteiger partial charge in [0.25, 0.3) is 0 Å². The van der Waals surface area contributed by atoms with Crippen molar-refractivity contribution in [2.45, 2.75) is 21.9 Å². The normalized spacial score (nSPS) is 19.9. The molecule has 32 heavy (non-hydrogen) atoms. The second-order valence-electron chi connectivity index (χ2n) is 7.76. The van der Waals surface area contributed by atoms with Crippen LogP contribution in [0.5, 0.6) is 0 Å². The molecule has 2 aliphatic rings. The quantitative estimate of drug-likeness (QED) is 0.405. The number of nitrogens with zero attached hydrogens (tertiary/aromatic N) is 2. The van der Waals surface area contributed by atoms with Crippen LogP contribution < -0.4 is 0 Å². The monoisotopic (exact) mass is 472 g/mol. The molecule has 8 heteroatoms. The van der Waals surface area contributed by atoms with Crippen molar-refractivity contribution in [3.63, 3.8) is 0 Å². The van der Waals surface area contributed by atoms with E-state index in [0.29, 0.717) is 26.4 Å². The number of ether oxygens (including phenoxy) is 2. The highest BCUT2D eigenvalue weighted by molar-refractivity contribution is 8.76. The predicted octanol–water partition coefficient (Wildman–Crippen LogP) is 3.63. The minimum absolute atomic E-state index is 0.213. The van der Waals surface area contributed by atoms with Gasteiger partial charge in [0, 0.05) is 36.0 Å².